The summed E-state index contributed by atoms with van der Waals surface area (Å²) in [4.78, 5) is 1.24. The molecule has 0 saturated carbocycles. The van der Waals surface area contributed by atoms with Crippen LogP contribution >= 0.6 is 27.3 Å². The van der Waals surface area contributed by atoms with Crippen molar-refractivity contribution in [2.75, 3.05) is 0 Å². The highest BCUT2D eigenvalue weighted by atomic mass is 79.9. The Balaban J connectivity index is 2.18. The predicted molar refractivity (Wildman–Crippen MR) is 61.2 cm³/mol. The molecule has 0 saturated heterocycles. The molecule has 0 aliphatic rings. The monoisotopic (exact) mass is 270 g/mol. The van der Waals surface area contributed by atoms with Gasteiger partial charge in [-0.15, -0.1) is 11.3 Å². The molecule has 0 aliphatic carbocycles. The second kappa shape index (κ2) is 4.24. The lowest BCUT2D eigenvalue weighted by molar-refractivity contribution is 0.626. The first-order valence-electron chi connectivity index (χ1n) is 4.23. The van der Waals surface area contributed by atoms with E-state index in [4.69, 9.17) is 0 Å². The van der Waals surface area contributed by atoms with Gasteiger partial charge in [-0.1, -0.05) is 12.1 Å². The summed E-state index contributed by atoms with van der Waals surface area (Å²) in [5.74, 6) is -0.168. The van der Waals surface area contributed by atoms with Crippen LogP contribution in [0.4, 0.5) is 4.39 Å². The predicted octanol–water partition coefficient (Wildman–Crippen LogP) is 4.24. The fraction of sp³-hybridized carbons (Fsp3) is 0.0909. The van der Waals surface area contributed by atoms with Crippen molar-refractivity contribution in [1.82, 2.24) is 0 Å². The van der Waals surface area contributed by atoms with Gasteiger partial charge < -0.3 is 0 Å². The number of hydrogen-bond acceptors (Lipinski definition) is 1. The molecule has 0 bridgehead atoms. The normalized spacial score (nSPS) is 10.4. The van der Waals surface area contributed by atoms with E-state index in [0.29, 0.717) is 0 Å². The zero-order chi connectivity index (χ0) is 9.97. The van der Waals surface area contributed by atoms with E-state index in [-0.39, 0.29) is 5.82 Å². The minimum absolute atomic E-state index is 0.168. The van der Waals surface area contributed by atoms with Gasteiger partial charge in [0, 0.05) is 11.3 Å². The van der Waals surface area contributed by atoms with E-state index in [9.17, 15) is 4.39 Å². The van der Waals surface area contributed by atoms with Gasteiger partial charge in [0.1, 0.15) is 5.82 Å². The standard InChI is InChI=1S/C11H8BrFS/c12-11-5-4-10(14-11)7-8-2-1-3-9(13)6-8/h1-6H,7H2. The molecule has 0 radical (unpaired) electrons. The van der Waals surface area contributed by atoms with Crippen molar-refractivity contribution < 1.29 is 4.39 Å². The Morgan fingerprint density at radius 2 is 2.07 bits per heavy atom. The van der Waals surface area contributed by atoms with Crippen LogP contribution in [-0.4, -0.2) is 0 Å². The molecule has 14 heavy (non-hydrogen) atoms. The van der Waals surface area contributed by atoms with Gasteiger partial charge >= 0.3 is 0 Å². The van der Waals surface area contributed by atoms with Crippen LogP contribution in [0.25, 0.3) is 0 Å². The van der Waals surface area contributed by atoms with Crippen molar-refractivity contribution in [3.63, 3.8) is 0 Å². The molecule has 2 aromatic rings. The highest BCUT2D eigenvalue weighted by Crippen LogP contribution is 2.24. The highest BCUT2D eigenvalue weighted by Gasteiger charge is 2.00. The molecule has 0 atom stereocenters. The molecule has 0 aliphatic heterocycles. The van der Waals surface area contributed by atoms with Crippen LogP contribution in [0.5, 0.6) is 0 Å². The van der Waals surface area contributed by atoms with Crippen LogP contribution < -0.4 is 0 Å². The lowest BCUT2D eigenvalue weighted by Gasteiger charge is -1.97. The fourth-order valence-corrected chi connectivity index (χ4v) is 2.81. The van der Waals surface area contributed by atoms with Crippen molar-refractivity contribution in [2.24, 2.45) is 0 Å². The van der Waals surface area contributed by atoms with Crippen LogP contribution in [-0.2, 0) is 6.42 Å². The molecule has 0 nitrogen and oxygen atoms in total. The molecule has 1 aromatic heterocycles. The number of benzene rings is 1. The molecule has 2 rings (SSSR count). The molecule has 1 heterocycles. The van der Waals surface area contributed by atoms with Crippen LogP contribution in [0.3, 0.4) is 0 Å². The van der Waals surface area contributed by atoms with E-state index in [0.717, 1.165) is 15.8 Å². The van der Waals surface area contributed by atoms with Gasteiger partial charge in [0.25, 0.3) is 0 Å². The molecule has 0 N–H and O–H groups in total. The third-order valence-corrected chi connectivity index (χ3v) is 3.52. The zero-order valence-corrected chi connectivity index (χ0v) is 9.74. The number of thiophene rings is 1. The van der Waals surface area contributed by atoms with Gasteiger partial charge in [-0.25, -0.2) is 4.39 Å². The molecular formula is C11H8BrFS. The van der Waals surface area contributed by atoms with Gasteiger partial charge in [-0.05, 0) is 45.8 Å². The van der Waals surface area contributed by atoms with Crippen LogP contribution in [0.1, 0.15) is 10.4 Å². The second-order valence-corrected chi connectivity index (χ2v) is 5.56. The van der Waals surface area contributed by atoms with E-state index in [1.54, 1.807) is 23.5 Å². The zero-order valence-electron chi connectivity index (χ0n) is 7.34. The second-order valence-electron chi connectivity index (χ2n) is 3.01. The Morgan fingerprint density at radius 3 is 2.71 bits per heavy atom. The van der Waals surface area contributed by atoms with E-state index in [1.807, 2.05) is 12.1 Å². The number of halogens is 2. The summed E-state index contributed by atoms with van der Waals surface area (Å²) in [5.41, 5.74) is 1.01. The van der Waals surface area contributed by atoms with Crippen molar-refractivity contribution in [3.05, 3.63) is 56.4 Å². The quantitative estimate of drug-likeness (QED) is 0.766. The minimum atomic E-state index is -0.168. The first-order chi connectivity index (χ1) is 6.74. The molecule has 1 aromatic carbocycles. The average Bonchev–Trinajstić information content (AvgIpc) is 2.51. The summed E-state index contributed by atoms with van der Waals surface area (Å²) in [6, 6.07) is 10.8. The van der Waals surface area contributed by atoms with E-state index < -0.39 is 0 Å². The van der Waals surface area contributed by atoms with E-state index in [1.165, 1.54) is 10.9 Å². The first kappa shape index (κ1) is 9.87. The van der Waals surface area contributed by atoms with Crippen molar-refractivity contribution in [2.45, 2.75) is 6.42 Å². The first-order valence-corrected chi connectivity index (χ1v) is 5.83. The smallest absolute Gasteiger partial charge is 0.123 e. The van der Waals surface area contributed by atoms with E-state index in [2.05, 4.69) is 22.0 Å². The Kier molecular flexibility index (Phi) is 2.99. The van der Waals surface area contributed by atoms with Crippen LogP contribution in [0, 0.1) is 5.82 Å². The van der Waals surface area contributed by atoms with Crippen LogP contribution in [0.2, 0.25) is 0 Å². The maximum Gasteiger partial charge on any atom is 0.123 e. The maximum absolute atomic E-state index is 12.9. The lowest BCUT2D eigenvalue weighted by atomic mass is 10.1. The number of hydrogen-bond donors (Lipinski definition) is 0. The molecule has 0 fully saturated rings. The largest absolute Gasteiger partial charge is 0.207 e. The molecular weight excluding hydrogens is 263 g/mol. The minimum Gasteiger partial charge on any atom is -0.207 e. The highest BCUT2D eigenvalue weighted by molar-refractivity contribution is 9.11. The third kappa shape index (κ3) is 2.42. The van der Waals surface area contributed by atoms with E-state index >= 15 is 0 Å². The fourth-order valence-electron chi connectivity index (χ4n) is 1.29. The van der Waals surface area contributed by atoms with Crippen LogP contribution in [0.15, 0.2) is 40.2 Å². The summed E-state index contributed by atoms with van der Waals surface area (Å²) >= 11 is 5.09. The third-order valence-electron chi connectivity index (χ3n) is 1.90. The summed E-state index contributed by atoms with van der Waals surface area (Å²) < 4.78 is 14.0. The molecule has 0 unspecified atom stereocenters. The van der Waals surface area contributed by atoms with Gasteiger partial charge in [0.2, 0.25) is 0 Å². The van der Waals surface area contributed by atoms with Crippen molar-refractivity contribution in [1.29, 1.82) is 0 Å². The lowest BCUT2D eigenvalue weighted by Crippen LogP contribution is -1.85. The average molecular weight is 271 g/mol. The maximum atomic E-state index is 12.9. The Hall–Kier alpha value is -0.670. The summed E-state index contributed by atoms with van der Waals surface area (Å²) in [6.45, 7) is 0. The Labute approximate surface area is 94.5 Å². The molecule has 0 amide bonds. The topological polar surface area (TPSA) is 0 Å². The molecule has 0 spiro atoms. The van der Waals surface area contributed by atoms with Gasteiger partial charge in [0.05, 0.1) is 3.79 Å². The number of rotatable bonds is 2. The van der Waals surface area contributed by atoms with Crippen molar-refractivity contribution >= 4 is 27.3 Å². The summed E-state index contributed by atoms with van der Waals surface area (Å²) in [7, 11) is 0. The summed E-state index contributed by atoms with van der Waals surface area (Å²) in [6.07, 6.45) is 0.800. The summed E-state index contributed by atoms with van der Waals surface area (Å²) in [5, 5.41) is 0. The molecule has 72 valence electrons. The Bertz CT molecular complexity index is 436. The molecule has 3 heteroatoms. The Morgan fingerprint density at radius 1 is 1.21 bits per heavy atom. The van der Waals surface area contributed by atoms with Gasteiger partial charge in [-0.2, -0.15) is 0 Å². The SMILES string of the molecule is Fc1cccc(Cc2ccc(Br)s2)c1. The van der Waals surface area contributed by atoms with Gasteiger partial charge in [0.15, 0.2) is 0 Å². The van der Waals surface area contributed by atoms with Gasteiger partial charge in [-0.3, -0.25) is 0 Å². The van der Waals surface area contributed by atoms with Crippen molar-refractivity contribution in [3.8, 4) is 0 Å².